The number of rotatable bonds is 3. The van der Waals surface area contributed by atoms with Gasteiger partial charge in [0, 0.05) is 0 Å². The maximum Gasteiger partial charge on any atom is 0.294 e. The largest absolute Gasteiger partial charge is 0.294 e. The molecule has 0 aliphatic carbocycles. The molecular formula is C8H10O5S2. The van der Waals surface area contributed by atoms with Gasteiger partial charge in [-0.2, -0.15) is 8.42 Å². The van der Waals surface area contributed by atoms with Crippen LogP contribution in [0.2, 0.25) is 0 Å². The molecule has 0 radical (unpaired) electrons. The SMILES string of the molecule is CCS(=O)(=O)c1cccc(S(=O)(=O)O)c1. The Labute approximate surface area is 88.4 Å². The summed E-state index contributed by atoms with van der Waals surface area (Å²) in [5, 5.41) is 0. The predicted molar refractivity (Wildman–Crippen MR) is 54.0 cm³/mol. The minimum Gasteiger partial charge on any atom is -0.282 e. The van der Waals surface area contributed by atoms with Crippen molar-refractivity contribution >= 4 is 20.0 Å². The van der Waals surface area contributed by atoms with Crippen molar-refractivity contribution in [3.63, 3.8) is 0 Å². The molecule has 0 amide bonds. The first-order valence-corrected chi connectivity index (χ1v) is 7.17. The molecular weight excluding hydrogens is 240 g/mol. The van der Waals surface area contributed by atoms with Gasteiger partial charge < -0.3 is 0 Å². The molecule has 1 aromatic rings. The van der Waals surface area contributed by atoms with E-state index >= 15 is 0 Å². The molecule has 0 bridgehead atoms. The number of benzene rings is 1. The van der Waals surface area contributed by atoms with Gasteiger partial charge in [0.05, 0.1) is 15.5 Å². The predicted octanol–water partition coefficient (Wildman–Crippen LogP) is 0.727. The smallest absolute Gasteiger partial charge is 0.282 e. The minimum absolute atomic E-state index is 0.111. The molecule has 1 N–H and O–H groups in total. The van der Waals surface area contributed by atoms with Crippen molar-refractivity contribution in [1.29, 1.82) is 0 Å². The van der Waals surface area contributed by atoms with Crippen LogP contribution in [0, 0.1) is 0 Å². The summed E-state index contributed by atoms with van der Waals surface area (Å²) in [6, 6.07) is 4.62. The molecule has 0 heterocycles. The number of sulfone groups is 1. The lowest BCUT2D eigenvalue weighted by Crippen LogP contribution is -2.05. The van der Waals surface area contributed by atoms with E-state index < -0.39 is 24.9 Å². The summed E-state index contributed by atoms with van der Waals surface area (Å²) < 4.78 is 53.1. The Bertz CT molecular complexity index is 556. The molecule has 0 aromatic heterocycles. The van der Waals surface area contributed by atoms with Gasteiger partial charge in [-0.15, -0.1) is 0 Å². The maximum absolute atomic E-state index is 11.4. The summed E-state index contributed by atoms with van der Waals surface area (Å²) in [6.07, 6.45) is 0. The Balaban J connectivity index is 3.39. The van der Waals surface area contributed by atoms with Gasteiger partial charge in [0.2, 0.25) is 0 Å². The topological polar surface area (TPSA) is 88.5 Å². The van der Waals surface area contributed by atoms with Gasteiger partial charge in [-0.05, 0) is 18.2 Å². The summed E-state index contributed by atoms with van der Waals surface area (Å²) in [7, 11) is -7.81. The van der Waals surface area contributed by atoms with Crippen LogP contribution in [0.3, 0.4) is 0 Å². The van der Waals surface area contributed by atoms with Gasteiger partial charge in [0.15, 0.2) is 9.84 Å². The number of hydrogen-bond acceptors (Lipinski definition) is 4. The first-order valence-electron chi connectivity index (χ1n) is 4.07. The van der Waals surface area contributed by atoms with Gasteiger partial charge in [-0.25, -0.2) is 8.42 Å². The van der Waals surface area contributed by atoms with Crippen molar-refractivity contribution in [2.24, 2.45) is 0 Å². The number of hydrogen-bond donors (Lipinski definition) is 1. The molecule has 0 spiro atoms. The monoisotopic (exact) mass is 250 g/mol. The lowest BCUT2D eigenvalue weighted by Gasteiger charge is -2.02. The highest BCUT2D eigenvalue weighted by atomic mass is 32.2. The maximum atomic E-state index is 11.4. The zero-order chi connectivity index (χ0) is 11.7. The van der Waals surface area contributed by atoms with E-state index in [9.17, 15) is 16.8 Å². The van der Waals surface area contributed by atoms with Crippen LogP contribution in [0.1, 0.15) is 6.92 Å². The zero-order valence-electron chi connectivity index (χ0n) is 7.91. The summed E-state index contributed by atoms with van der Waals surface area (Å²) >= 11 is 0. The van der Waals surface area contributed by atoms with Gasteiger partial charge in [0.25, 0.3) is 10.1 Å². The molecule has 0 unspecified atom stereocenters. The first kappa shape index (κ1) is 12.2. The Kier molecular flexibility index (Phi) is 3.17. The van der Waals surface area contributed by atoms with Crippen LogP contribution in [0.15, 0.2) is 34.1 Å². The van der Waals surface area contributed by atoms with Gasteiger partial charge in [0.1, 0.15) is 0 Å². The van der Waals surface area contributed by atoms with Crippen LogP contribution in [0.4, 0.5) is 0 Å². The Morgan fingerprint density at radius 1 is 1.13 bits per heavy atom. The molecule has 0 fully saturated rings. The molecule has 15 heavy (non-hydrogen) atoms. The summed E-state index contributed by atoms with van der Waals surface area (Å²) in [5.74, 6) is -0.123. The van der Waals surface area contributed by atoms with Crippen LogP contribution in [-0.4, -0.2) is 27.1 Å². The highest BCUT2D eigenvalue weighted by Crippen LogP contribution is 2.16. The molecule has 0 aliphatic heterocycles. The quantitative estimate of drug-likeness (QED) is 0.799. The van der Waals surface area contributed by atoms with Crippen LogP contribution in [0.25, 0.3) is 0 Å². The van der Waals surface area contributed by atoms with Crippen molar-refractivity contribution in [3.05, 3.63) is 24.3 Å². The third kappa shape index (κ3) is 2.77. The van der Waals surface area contributed by atoms with Crippen LogP contribution in [0.5, 0.6) is 0 Å². The normalized spacial score (nSPS) is 12.7. The van der Waals surface area contributed by atoms with E-state index in [1.807, 2.05) is 0 Å². The molecule has 7 heteroatoms. The molecule has 1 aromatic carbocycles. The average Bonchev–Trinajstić information content (AvgIpc) is 2.17. The van der Waals surface area contributed by atoms with E-state index in [2.05, 4.69) is 0 Å². The second kappa shape index (κ2) is 3.92. The fraction of sp³-hybridized carbons (Fsp3) is 0.250. The van der Waals surface area contributed by atoms with Crippen LogP contribution in [-0.2, 0) is 20.0 Å². The van der Waals surface area contributed by atoms with Crippen molar-refractivity contribution < 1.29 is 21.4 Å². The Morgan fingerprint density at radius 3 is 2.13 bits per heavy atom. The molecule has 0 saturated heterocycles. The molecule has 5 nitrogen and oxygen atoms in total. The molecule has 1 rings (SSSR count). The van der Waals surface area contributed by atoms with Gasteiger partial charge in [-0.1, -0.05) is 13.0 Å². The zero-order valence-corrected chi connectivity index (χ0v) is 9.55. The van der Waals surface area contributed by atoms with E-state index in [1.165, 1.54) is 19.1 Å². The van der Waals surface area contributed by atoms with Crippen molar-refractivity contribution in [2.75, 3.05) is 5.75 Å². The first-order chi connectivity index (χ1) is 6.77. The fourth-order valence-corrected chi connectivity index (χ4v) is 2.52. The summed E-state index contributed by atoms with van der Waals surface area (Å²) in [6.45, 7) is 1.45. The van der Waals surface area contributed by atoms with E-state index in [-0.39, 0.29) is 10.6 Å². The average molecular weight is 250 g/mol. The Hall–Kier alpha value is -0.920. The van der Waals surface area contributed by atoms with E-state index in [0.717, 1.165) is 12.1 Å². The van der Waals surface area contributed by atoms with Gasteiger partial charge in [-0.3, -0.25) is 4.55 Å². The molecule has 0 saturated carbocycles. The van der Waals surface area contributed by atoms with Crippen molar-refractivity contribution in [2.45, 2.75) is 16.7 Å². The lowest BCUT2D eigenvalue weighted by atomic mass is 10.4. The molecule has 0 atom stereocenters. The van der Waals surface area contributed by atoms with E-state index in [1.54, 1.807) is 0 Å². The second-order valence-electron chi connectivity index (χ2n) is 2.85. The summed E-state index contributed by atoms with van der Waals surface area (Å²) in [4.78, 5) is -0.530. The van der Waals surface area contributed by atoms with Crippen LogP contribution >= 0.6 is 0 Å². The highest BCUT2D eigenvalue weighted by Gasteiger charge is 2.15. The molecule has 0 aliphatic rings. The van der Waals surface area contributed by atoms with E-state index in [4.69, 9.17) is 4.55 Å². The lowest BCUT2D eigenvalue weighted by molar-refractivity contribution is 0.483. The van der Waals surface area contributed by atoms with Crippen molar-refractivity contribution in [1.82, 2.24) is 0 Å². The third-order valence-electron chi connectivity index (χ3n) is 1.84. The standard InChI is InChI=1S/C8H10O5S2/c1-2-14(9,10)7-4-3-5-8(6-7)15(11,12)13/h3-6H,2H2,1H3,(H,11,12,13). The Morgan fingerprint density at radius 2 is 1.67 bits per heavy atom. The van der Waals surface area contributed by atoms with E-state index in [0.29, 0.717) is 0 Å². The molecule has 84 valence electrons. The highest BCUT2D eigenvalue weighted by molar-refractivity contribution is 7.91. The van der Waals surface area contributed by atoms with Crippen LogP contribution < -0.4 is 0 Å². The van der Waals surface area contributed by atoms with Gasteiger partial charge >= 0.3 is 0 Å². The third-order valence-corrected chi connectivity index (χ3v) is 4.42. The minimum atomic E-state index is -4.36. The fourth-order valence-electron chi connectivity index (χ4n) is 0.995. The summed E-state index contributed by atoms with van der Waals surface area (Å²) in [5.41, 5.74) is 0. The second-order valence-corrected chi connectivity index (χ2v) is 6.55. The van der Waals surface area contributed by atoms with Crippen molar-refractivity contribution in [3.8, 4) is 0 Å².